The molecule has 0 aromatic carbocycles. The molecule has 0 atom stereocenters. The Hall–Kier alpha value is -1.25. The molecular weight excluding hydrogens is 108 g/mol. The fraction of sp³-hybridized carbons (Fsp3) is 0. The molecule has 0 heterocycles. The third-order valence-electron chi connectivity index (χ3n) is 0.247. The van der Waals surface area contributed by atoms with Gasteiger partial charge in [0, 0.05) is 0 Å². The molecule has 0 amide bonds. The number of hydrogen-bond acceptors (Lipinski definition) is 2. The van der Waals surface area contributed by atoms with E-state index in [9.17, 15) is 4.79 Å². The van der Waals surface area contributed by atoms with Crippen molar-refractivity contribution in [1.82, 2.24) is 0 Å². The first-order valence-corrected chi connectivity index (χ1v) is 1.75. The predicted molar refractivity (Wildman–Crippen MR) is 30.7 cm³/mol. The fourth-order valence-electron chi connectivity index (χ4n) is 0. The number of carboxylic acids is 1. The van der Waals surface area contributed by atoms with Crippen LogP contribution in [0.2, 0.25) is 0 Å². The van der Waals surface area contributed by atoms with E-state index in [2.05, 4.69) is 19.7 Å². The number of carbonyl (C=O) groups is 1. The highest BCUT2D eigenvalue weighted by atomic mass is 16.4. The summed E-state index contributed by atoms with van der Waals surface area (Å²) in [5.41, 5.74) is 0. The van der Waals surface area contributed by atoms with Crippen LogP contribution < -0.4 is 0 Å². The number of aliphatic carboxylic acids is 1. The molecule has 0 aromatic heterocycles. The zero-order chi connectivity index (χ0) is 7.15. The number of hydrogen-bond donors (Lipinski definition) is 2. The van der Waals surface area contributed by atoms with E-state index >= 15 is 0 Å². The highest BCUT2D eigenvalue weighted by Gasteiger charge is 1.94. The van der Waals surface area contributed by atoms with E-state index < -0.39 is 11.7 Å². The fourth-order valence-corrected chi connectivity index (χ4v) is 0. The summed E-state index contributed by atoms with van der Waals surface area (Å²) in [6.07, 6.45) is 0. The smallest absolute Gasteiger partial charge is 0.370 e. The predicted octanol–water partition coefficient (Wildman–Crippen LogP) is 0.945. The van der Waals surface area contributed by atoms with E-state index in [1.165, 1.54) is 0 Å². The van der Waals surface area contributed by atoms with Gasteiger partial charge in [-0.3, -0.25) is 0 Å². The Morgan fingerprint density at radius 3 is 1.38 bits per heavy atom. The Bertz CT molecular complexity index is 83.8. The third-order valence-corrected chi connectivity index (χ3v) is 0.247. The van der Waals surface area contributed by atoms with Crippen LogP contribution in [-0.4, -0.2) is 16.2 Å². The van der Waals surface area contributed by atoms with Crippen LogP contribution in [0, 0.1) is 0 Å². The molecule has 0 rings (SSSR count). The van der Waals surface area contributed by atoms with Crippen molar-refractivity contribution in [3.05, 3.63) is 25.5 Å². The Morgan fingerprint density at radius 1 is 1.25 bits per heavy atom. The largest absolute Gasteiger partial charge is 0.502 e. The Labute approximate surface area is 47.6 Å². The van der Waals surface area contributed by atoms with Gasteiger partial charge in [0.25, 0.3) is 0 Å². The van der Waals surface area contributed by atoms with Crippen molar-refractivity contribution in [3.63, 3.8) is 0 Å². The maximum Gasteiger partial charge on any atom is 0.370 e. The molecule has 2 N–H and O–H groups in total. The highest BCUT2D eigenvalue weighted by molar-refractivity contribution is 5.82. The van der Waals surface area contributed by atoms with Gasteiger partial charge in [0.05, 0.1) is 0 Å². The minimum Gasteiger partial charge on any atom is -0.502 e. The van der Waals surface area contributed by atoms with Crippen molar-refractivity contribution in [2.75, 3.05) is 0 Å². The van der Waals surface area contributed by atoms with Crippen LogP contribution in [0.5, 0.6) is 0 Å². The monoisotopic (exact) mass is 116 g/mol. The van der Waals surface area contributed by atoms with E-state index in [1.807, 2.05) is 0 Å². The van der Waals surface area contributed by atoms with Gasteiger partial charge in [-0.05, 0) is 6.58 Å². The summed E-state index contributed by atoms with van der Waals surface area (Å²) in [4.78, 5) is 9.35. The van der Waals surface area contributed by atoms with Gasteiger partial charge in [0.2, 0.25) is 0 Å². The zero-order valence-corrected chi connectivity index (χ0v) is 4.42. The van der Waals surface area contributed by atoms with Gasteiger partial charge in [-0.2, -0.15) is 0 Å². The normalized spacial score (nSPS) is 6.00. The molecule has 0 saturated heterocycles. The lowest BCUT2D eigenvalue weighted by Gasteiger charge is -1.79. The molecule has 0 aromatic rings. The lowest BCUT2D eigenvalue weighted by atomic mass is 10.6. The summed E-state index contributed by atoms with van der Waals surface area (Å²) in [5.74, 6) is -2.20. The van der Waals surface area contributed by atoms with Gasteiger partial charge in [-0.1, -0.05) is 0 Å². The molecule has 8 heavy (non-hydrogen) atoms. The lowest BCUT2D eigenvalue weighted by Crippen LogP contribution is -1.95. The second-order valence-corrected chi connectivity index (χ2v) is 0.752. The Morgan fingerprint density at radius 2 is 1.38 bits per heavy atom. The first-order valence-electron chi connectivity index (χ1n) is 1.75. The topological polar surface area (TPSA) is 57.5 Å². The molecule has 0 bridgehead atoms. The number of aliphatic hydroxyl groups is 1. The van der Waals surface area contributed by atoms with Gasteiger partial charge in [0.15, 0.2) is 5.76 Å². The summed E-state index contributed by atoms with van der Waals surface area (Å²) >= 11 is 0. The van der Waals surface area contributed by atoms with E-state index in [4.69, 9.17) is 10.2 Å². The zero-order valence-electron chi connectivity index (χ0n) is 4.42. The van der Waals surface area contributed by atoms with Crippen molar-refractivity contribution in [3.8, 4) is 0 Å². The molecular formula is C5H8O3. The average molecular weight is 116 g/mol. The summed E-state index contributed by atoms with van der Waals surface area (Å²) in [6, 6.07) is 0. The van der Waals surface area contributed by atoms with Crippen LogP contribution in [0.25, 0.3) is 0 Å². The molecule has 0 aliphatic rings. The van der Waals surface area contributed by atoms with Crippen molar-refractivity contribution in [2.45, 2.75) is 0 Å². The van der Waals surface area contributed by atoms with E-state index in [0.717, 1.165) is 0 Å². The number of rotatable bonds is 1. The molecule has 0 aliphatic carbocycles. The Kier molecular flexibility index (Phi) is 7.11. The first kappa shape index (κ1) is 9.89. The van der Waals surface area contributed by atoms with Crippen LogP contribution in [0.1, 0.15) is 0 Å². The third kappa shape index (κ3) is 8.83. The SMILES string of the molecule is C=C.C=C(O)C(=O)O. The average Bonchev–Trinajstić information content (AvgIpc) is 1.72. The van der Waals surface area contributed by atoms with E-state index in [1.54, 1.807) is 0 Å². The highest BCUT2D eigenvalue weighted by Crippen LogP contribution is 1.75. The molecule has 0 saturated carbocycles. The van der Waals surface area contributed by atoms with Crippen molar-refractivity contribution >= 4 is 5.97 Å². The molecule has 3 heteroatoms. The quantitative estimate of drug-likeness (QED) is 0.304. The van der Waals surface area contributed by atoms with Crippen LogP contribution in [0.3, 0.4) is 0 Å². The van der Waals surface area contributed by atoms with Crippen LogP contribution >= 0.6 is 0 Å². The van der Waals surface area contributed by atoms with Crippen LogP contribution in [0.4, 0.5) is 0 Å². The Balaban J connectivity index is 0. The second kappa shape index (κ2) is 5.75. The number of aliphatic hydroxyl groups excluding tert-OH is 1. The van der Waals surface area contributed by atoms with E-state index in [0.29, 0.717) is 0 Å². The van der Waals surface area contributed by atoms with Crippen molar-refractivity contribution < 1.29 is 15.0 Å². The first-order chi connectivity index (χ1) is 3.64. The molecule has 46 valence electrons. The van der Waals surface area contributed by atoms with E-state index in [-0.39, 0.29) is 0 Å². The summed E-state index contributed by atoms with van der Waals surface area (Å²) in [6.45, 7) is 8.71. The lowest BCUT2D eigenvalue weighted by molar-refractivity contribution is -0.135. The van der Waals surface area contributed by atoms with Gasteiger partial charge in [0.1, 0.15) is 0 Å². The van der Waals surface area contributed by atoms with Gasteiger partial charge in [-0.15, -0.1) is 13.2 Å². The summed E-state index contributed by atoms with van der Waals surface area (Å²) in [5, 5.41) is 15.5. The minimum absolute atomic E-state index is 0.824. The molecule has 0 aliphatic heterocycles. The standard InChI is InChI=1S/C3H4O3.C2H4/c1-2(4)3(5)6;1-2/h4H,1H2,(H,5,6);1-2H2. The summed E-state index contributed by atoms with van der Waals surface area (Å²) < 4.78 is 0. The number of carboxylic acid groups (broad SMARTS) is 1. The van der Waals surface area contributed by atoms with Gasteiger partial charge < -0.3 is 10.2 Å². The molecule has 0 fully saturated rings. The van der Waals surface area contributed by atoms with Crippen molar-refractivity contribution in [2.24, 2.45) is 0 Å². The molecule has 3 nitrogen and oxygen atoms in total. The molecule has 0 unspecified atom stereocenters. The summed E-state index contributed by atoms with van der Waals surface area (Å²) in [7, 11) is 0. The van der Waals surface area contributed by atoms with Crippen LogP contribution in [0.15, 0.2) is 25.5 Å². The van der Waals surface area contributed by atoms with Crippen LogP contribution in [-0.2, 0) is 4.79 Å². The second-order valence-electron chi connectivity index (χ2n) is 0.752. The van der Waals surface area contributed by atoms with Gasteiger partial charge in [-0.25, -0.2) is 4.79 Å². The molecule has 0 radical (unpaired) electrons. The maximum absolute atomic E-state index is 9.35. The van der Waals surface area contributed by atoms with Gasteiger partial charge >= 0.3 is 5.97 Å². The molecule has 0 spiro atoms. The minimum atomic E-state index is -1.38. The van der Waals surface area contributed by atoms with Crippen molar-refractivity contribution in [1.29, 1.82) is 0 Å². The maximum atomic E-state index is 9.35.